The second-order valence-electron chi connectivity index (χ2n) is 8.98. The van der Waals surface area contributed by atoms with Gasteiger partial charge in [-0.15, -0.1) is 0 Å². The number of esters is 1. The first kappa shape index (κ1) is 28.6. The van der Waals surface area contributed by atoms with Crippen molar-refractivity contribution in [3.8, 4) is 5.75 Å². The molecule has 0 radical (unpaired) electrons. The summed E-state index contributed by atoms with van der Waals surface area (Å²) < 4.78 is 10.4. The SMILES string of the molecule is CCOC(=O)[C@]1(C)C(C(=O)C(=O)NNC(=O)c2ccc(OC)cc2)=C(Nc2ccccc2)C(=O)N1c1ccccc1. The van der Waals surface area contributed by atoms with E-state index in [0.29, 0.717) is 17.1 Å². The van der Waals surface area contributed by atoms with E-state index in [0.717, 1.165) is 4.90 Å². The molecule has 1 aliphatic heterocycles. The second kappa shape index (κ2) is 12.2. The van der Waals surface area contributed by atoms with Gasteiger partial charge in [-0.2, -0.15) is 0 Å². The van der Waals surface area contributed by atoms with Crippen LogP contribution in [0.5, 0.6) is 5.75 Å². The number of methoxy groups -OCH3 is 1. The molecule has 0 aliphatic carbocycles. The number of carbonyl (C=O) groups excluding carboxylic acids is 5. The predicted octanol–water partition coefficient (Wildman–Crippen LogP) is 2.76. The van der Waals surface area contributed by atoms with Gasteiger partial charge in [-0.3, -0.25) is 34.9 Å². The van der Waals surface area contributed by atoms with Gasteiger partial charge in [-0.1, -0.05) is 36.4 Å². The van der Waals surface area contributed by atoms with Crippen LogP contribution in [0.15, 0.2) is 96.2 Å². The summed E-state index contributed by atoms with van der Waals surface area (Å²) in [7, 11) is 1.48. The van der Waals surface area contributed by atoms with Gasteiger partial charge >= 0.3 is 11.9 Å². The molecule has 3 aromatic rings. The fourth-order valence-corrected chi connectivity index (χ4v) is 4.41. The molecule has 0 saturated carbocycles. The molecule has 4 rings (SSSR count). The molecule has 1 atom stereocenters. The van der Waals surface area contributed by atoms with Crippen molar-refractivity contribution in [2.75, 3.05) is 23.9 Å². The standard InChI is InChI=1S/C30H28N4O7/c1-4-41-29(39)30(2)23(25(35)27(37)33-32-26(36)19-15-17-22(40-3)18-16-19)24(31-20-11-7-5-8-12-20)28(38)34(30)21-13-9-6-10-14-21/h5-18,31H,4H2,1-3H3,(H,32,36)(H,33,37)/t30-/m0/s1. The van der Waals surface area contributed by atoms with E-state index in [-0.39, 0.29) is 17.9 Å². The van der Waals surface area contributed by atoms with E-state index in [9.17, 15) is 24.0 Å². The molecule has 3 aromatic carbocycles. The van der Waals surface area contributed by atoms with E-state index >= 15 is 0 Å². The minimum absolute atomic E-state index is 0.0434. The Morgan fingerprint density at radius 2 is 1.46 bits per heavy atom. The highest BCUT2D eigenvalue weighted by molar-refractivity contribution is 6.47. The van der Waals surface area contributed by atoms with Gasteiger partial charge in [0, 0.05) is 16.9 Å². The maximum atomic E-state index is 13.9. The summed E-state index contributed by atoms with van der Waals surface area (Å²) in [6.45, 7) is 2.88. The topological polar surface area (TPSA) is 143 Å². The number of benzene rings is 3. The Morgan fingerprint density at radius 3 is 2.05 bits per heavy atom. The summed E-state index contributed by atoms with van der Waals surface area (Å²) >= 11 is 0. The van der Waals surface area contributed by atoms with Crippen LogP contribution in [0.2, 0.25) is 0 Å². The van der Waals surface area contributed by atoms with Gasteiger partial charge in [-0.25, -0.2) is 4.79 Å². The first-order chi connectivity index (χ1) is 19.7. The lowest BCUT2D eigenvalue weighted by Gasteiger charge is -2.34. The van der Waals surface area contributed by atoms with Gasteiger partial charge in [0.15, 0.2) is 5.54 Å². The number of nitrogens with zero attached hydrogens (tertiary/aromatic N) is 1. The molecule has 0 aromatic heterocycles. The predicted molar refractivity (Wildman–Crippen MR) is 150 cm³/mol. The molecule has 0 spiro atoms. The van der Waals surface area contributed by atoms with E-state index in [4.69, 9.17) is 9.47 Å². The number of para-hydroxylation sites is 2. The van der Waals surface area contributed by atoms with Crippen molar-refractivity contribution < 1.29 is 33.4 Å². The number of rotatable bonds is 9. The van der Waals surface area contributed by atoms with Gasteiger partial charge in [0.2, 0.25) is 0 Å². The molecule has 3 amide bonds. The summed E-state index contributed by atoms with van der Waals surface area (Å²) in [6.07, 6.45) is 0. The van der Waals surface area contributed by atoms with E-state index in [1.165, 1.54) is 26.2 Å². The van der Waals surface area contributed by atoms with Gasteiger partial charge in [0.1, 0.15) is 11.4 Å². The van der Waals surface area contributed by atoms with Crippen molar-refractivity contribution in [1.82, 2.24) is 10.9 Å². The lowest BCUT2D eigenvalue weighted by molar-refractivity contribution is -0.149. The lowest BCUT2D eigenvalue weighted by Crippen LogP contribution is -2.56. The Hall–Kier alpha value is -5.45. The Labute approximate surface area is 236 Å². The normalized spacial score (nSPS) is 16.2. The van der Waals surface area contributed by atoms with Crippen molar-refractivity contribution >= 4 is 40.8 Å². The lowest BCUT2D eigenvalue weighted by atomic mass is 9.88. The number of Topliss-reactive ketones (excluding diaryl/α,β-unsaturated/α-hetero) is 1. The summed E-state index contributed by atoms with van der Waals surface area (Å²) in [5.74, 6) is -4.31. The summed E-state index contributed by atoms with van der Waals surface area (Å²) in [6, 6.07) is 22.8. The fourth-order valence-electron chi connectivity index (χ4n) is 4.41. The molecule has 11 heteroatoms. The molecule has 11 nitrogen and oxygen atoms in total. The van der Waals surface area contributed by atoms with E-state index in [1.54, 1.807) is 79.7 Å². The third kappa shape index (κ3) is 5.64. The van der Waals surface area contributed by atoms with Crippen LogP contribution in [-0.4, -0.2) is 48.7 Å². The highest BCUT2D eigenvalue weighted by atomic mass is 16.5. The molecule has 1 aliphatic rings. The molecule has 0 fully saturated rings. The van der Waals surface area contributed by atoms with Crippen LogP contribution in [0, 0.1) is 0 Å². The molecule has 1 heterocycles. The van der Waals surface area contributed by atoms with Gasteiger partial charge in [0.05, 0.1) is 19.3 Å². The summed E-state index contributed by atoms with van der Waals surface area (Å²) in [5, 5.41) is 2.91. The maximum Gasteiger partial charge on any atom is 0.337 e. The Balaban J connectivity index is 1.73. The van der Waals surface area contributed by atoms with Gasteiger partial charge in [0.25, 0.3) is 17.6 Å². The molecular formula is C30H28N4O7. The number of carbonyl (C=O) groups is 5. The average Bonchev–Trinajstić information content (AvgIpc) is 3.22. The van der Waals surface area contributed by atoms with Crippen LogP contribution in [0.25, 0.3) is 0 Å². The Kier molecular flexibility index (Phi) is 8.47. The number of hydrazine groups is 1. The third-order valence-corrected chi connectivity index (χ3v) is 6.41. The first-order valence-electron chi connectivity index (χ1n) is 12.6. The third-order valence-electron chi connectivity index (χ3n) is 6.41. The van der Waals surface area contributed by atoms with Crippen molar-refractivity contribution in [3.63, 3.8) is 0 Å². The quantitative estimate of drug-likeness (QED) is 0.207. The minimum atomic E-state index is -2.03. The number of nitrogens with one attached hydrogen (secondary N) is 3. The molecule has 3 N–H and O–H groups in total. The van der Waals surface area contributed by atoms with E-state index in [2.05, 4.69) is 16.2 Å². The largest absolute Gasteiger partial charge is 0.497 e. The molecule has 0 unspecified atom stereocenters. The van der Waals surface area contributed by atoms with Crippen molar-refractivity contribution in [2.24, 2.45) is 0 Å². The van der Waals surface area contributed by atoms with Crippen molar-refractivity contribution in [3.05, 3.63) is 102 Å². The highest BCUT2D eigenvalue weighted by Crippen LogP contribution is 2.41. The number of ether oxygens (including phenoxy) is 2. The molecule has 210 valence electrons. The monoisotopic (exact) mass is 556 g/mol. The fraction of sp³-hybridized carbons (Fsp3) is 0.167. The zero-order valence-electron chi connectivity index (χ0n) is 22.6. The summed E-state index contributed by atoms with van der Waals surface area (Å²) in [5.41, 5.74) is 2.45. The van der Waals surface area contributed by atoms with Crippen LogP contribution in [0.3, 0.4) is 0 Å². The van der Waals surface area contributed by atoms with Gasteiger partial charge < -0.3 is 14.8 Å². The average molecular weight is 557 g/mol. The number of amides is 3. The number of hydrogen-bond donors (Lipinski definition) is 3. The van der Waals surface area contributed by atoms with Crippen LogP contribution in [0.4, 0.5) is 11.4 Å². The van der Waals surface area contributed by atoms with Crippen molar-refractivity contribution in [1.29, 1.82) is 0 Å². The first-order valence-corrected chi connectivity index (χ1v) is 12.6. The van der Waals surface area contributed by atoms with E-state index < -0.39 is 40.6 Å². The summed E-state index contributed by atoms with van der Waals surface area (Å²) in [4.78, 5) is 68.0. The van der Waals surface area contributed by atoms with Crippen LogP contribution in [0.1, 0.15) is 24.2 Å². The number of anilines is 2. The highest BCUT2D eigenvalue weighted by Gasteiger charge is 2.58. The van der Waals surface area contributed by atoms with Crippen LogP contribution >= 0.6 is 0 Å². The number of ketones is 1. The smallest absolute Gasteiger partial charge is 0.337 e. The van der Waals surface area contributed by atoms with Gasteiger partial charge in [-0.05, 0) is 62.4 Å². The zero-order valence-corrected chi connectivity index (χ0v) is 22.6. The molecular weight excluding hydrogens is 528 g/mol. The van der Waals surface area contributed by atoms with Crippen molar-refractivity contribution in [2.45, 2.75) is 19.4 Å². The maximum absolute atomic E-state index is 13.9. The zero-order chi connectivity index (χ0) is 29.6. The molecule has 0 saturated heterocycles. The minimum Gasteiger partial charge on any atom is -0.497 e. The Bertz CT molecular complexity index is 1500. The second-order valence-corrected chi connectivity index (χ2v) is 8.98. The van der Waals surface area contributed by atoms with Crippen LogP contribution < -0.4 is 25.8 Å². The Morgan fingerprint density at radius 1 is 0.854 bits per heavy atom. The molecule has 41 heavy (non-hydrogen) atoms. The van der Waals surface area contributed by atoms with Crippen LogP contribution in [-0.2, 0) is 23.9 Å². The van der Waals surface area contributed by atoms with E-state index in [1.807, 2.05) is 0 Å². The molecule has 0 bridgehead atoms. The number of hydrogen-bond acceptors (Lipinski definition) is 8.